The van der Waals surface area contributed by atoms with Crippen molar-refractivity contribution in [2.45, 2.75) is 33.6 Å². The van der Waals surface area contributed by atoms with Gasteiger partial charge in [0, 0.05) is 28.9 Å². The number of nitrogens with zero attached hydrogens (tertiary/aromatic N) is 3. The van der Waals surface area contributed by atoms with E-state index in [4.69, 9.17) is 9.72 Å². The Bertz CT molecular complexity index is 1320. The molecule has 4 aromatic rings. The fourth-order valence-electron chi connectivity index (χ4n) is 3.89. The van der Waals surface area contributed by atoms with Gasteiger partial charge in [0.1, 0.15) is 0 Å². The summed E-state index contributed by atoms with van der Waals surface area (Å²) >= 11 is 0. The van der Waals surface area contributed by atoms with Crippen LogP contribution in [0.5, 0.6) is 0 Å². The lowest BCUT2D eigenvalue weighted by atomic mass is 10.0. The van der Waals surface area contributed by atoms with Crippen LogP contribution in [0.3, 0.4) is 0 Å². The Morgan fingerprint density at radius 2 is 1.84 bits per heavy atom. The molecule has 0 aliphatic carbocycles. The molecule has 0 aliphatic heterocycles. The fourth-order valence-corrected chi connectivity index (χ4v) is 3.89. The van der Waals surface area contributed by atoms with E-state index in [0.29, 0.717) is 23.2 Å². The number of methoxy groups -OCH3 is 1. The van der Waals surface area contributed by atoms with Crippen LogP contribution in [0, 0.1) is 20.8 Å². The number of fused-ring (bicyclic) bond motifs is 3. The van der Waals surface area contributed by atoms with Crippen molar-refractivity contribution in [1.29, 1.82) is 0 Å². The molecule has 0 aliphatic rings. The van der Waals surface area contributed by atoms with Crippen molar-refractivity contribution in [3.8, 4) is 0 Å². The number of carbonyl (C=O) groups is 2. The van der Waals surface area contributed by atoms with Crippen LogP contribution in [0.15, 0.2) is 42.5 Å². The van der Waals surface area contributed by atoms with Gasteiger partial charge in [0.05, 0.1) is 18.2 Å². The molecule has 0 atom stereocenters. The second-order valence-corrected chi connectivity index (χ2v) is 7.53. The van der Waals surface area contributed by atoms with Crippen molar-refractivity contribution in [3.05, 3.63) is 70.5 Å². The summed E-state index contributed by atoms with van der Waals surface area (Å²) in [5.74, 6) is -0.555. The molecule has 1 amide bonds. The van der Waals surface area contributed by atoms with Crippen molar-refractivity contribution in [1.82, 2.24) is 14.6 Å². The monoisotopic (exact) mass is 416 g/mol. The summed E-state index contributed by atoms with van der Waals surface area (Å²) in [6.45, 7) is 5.76. The molecule has 2 heterocycles. The van der Waals surface area contributed by atoms with Gasteiger partial charge in [-0.3, -0.25) is 4.79 Å². The molecular formula is C24H24N4O3. The van der Waals surface area contributed by atoms with Crippen LogP contribution >= 0.6 is 0 Å². The predicted molar refractivity (Wildman–Crippen MR) is 119 cm³/mol. The number of carbonyl (C=O) groups excluding carboxylic acids is 2. The first-order chi connectivity index (χ1) is 14.9. The Labute approximate surface area is 180 Å². The summed E-state index contributed by atoms with van der Waals surface area (Å²) in [5, 5.41) is 8.59. The third-order valence-electron chi connectivity index (χ3n) is 5.63. The molecule has 0 bridgehead atoms. The van der Waals surface area contributed by atoms with Crippen LogP contribution in [-0.2, 0) is 16.0 Å². The average molecular weight is 416 g/mol. The molecule has 0 radical (unpaired) electrons. The molecule has 4 rings (SSSR count). The molecule has 0 spiro atoms. The van der Waals surface area contributed by atoms with Gasteiger partial charge >= 0.3 is 5.97 Å². The van der Waals surface area contributed by atoms with E-state index in [2.05, 4.69) is 10.4 Å². The SMILES string of the molecule is COC(=O)c1cccc(NC(=O)CCc2c(C)nc3c4ccccc4nn3c2C)c1C. The Hall–Kier alpha value is -3.74. The van der Waals surface area contributed by atoms with Crippen LogP contribution in [0.2, 0.25) is 0 Å². The number of amides is 1. The minimum absolute atomic E-state index is 0.130. The van der Waals surface area contributed by atoms with Gasteiger partial charge in [0.2, 0.25) is 5.91 Å². The topological polar surface area (TPSA) is 85.6 Å². The summed E-state index contributed by atoms with van der Waals surface area (Å²) < 4.78 is 6.65. The molecule has 0 saturated heterocycles. The van der Waals surface area contributed by atoms with Crippen molar-refractivity contribution in [2.75, 3.05) is 12.4 Å². The first kappa shape index (κ1) is 20.5. The molecule has 2 aromatic heterocycles. The predicted octanol–water partition coefficient (Wildman–Crippen LogP) is 4.17. The first-order valence-corrected chi connectivity index (χ1v) is 10.1. The minimum Gasteiger partial charge on any atom is -0.465 e. The van der Waals surface area contributed by atoms with E-state index in [1.54, 1.807) is 25.1 Å². The largest absolute Gasteiger partial charge is 0.465 e. The minimum atomic E-state index is -0.425. The van der Waals surface area contributed by atoms with Gasteiger partial charge < -0.3 is 10.1 Å². The molecule has 0 unspecified atom stereocenters. The summed E-state index contributed by atoms with van der Waals surface area (Å²) in [5.41, 5.74) is 6.34. The number of aromatic nitrogens is 3. The smallest absolute Gasteiger partial charge is 0.338 e. The van der Waals surface area contributed by atoms with Crippen LogP contribution in [-0.4, -0.2) is 33.6 Å². The molecule has 31 heavy (non-hydrogen) atoms. The zero-order chi connectivity index (χ0) is 22.1. The Morgan fingerprint density at radius 1 is 1.06 bits per heavy atom. The molecule has 0 saturated carbocycles. The number of hydrogen-bond acceptors (Lipinski definition) is 5. The second-order valence-electron chi connectivity index (χ2n) is 7.53. The number of anilines is 1. The highest BCUT2D eigenvalue weighted by atomic mass is 16.5. The zero-order valence-corrected chi connectivity index (χ0v) is 18.0. The number of nitrogens with one attached hydrogen (secondary N) is 1. The van der Waals surface area contributed by atoms with Crippen LogP contribution in [0.25, 0.3) is 16.6 Å². The van der Waals surface area contributed by atoms with Crippen molar-refractivity contribution in [3.63, 3.8) is 0 Å². The van der Waals surface area contributed by atoms with Gasteiger partial charge in [0.15, 0.2) is 5.65 Å². The lowest BCUT2D eigenvalue weighted by Crippen LogP contribution is -2.16. The van der Waals surface area contributed by atoms with E-state index in [-0.39, 0.29) is 12.3 Å². The average Bonchev–Trinajstić information content (AvgIpc) is 3.13. The third-order valence-corrected chi connectivity index (χ3v) is 5.63. The van der Waals surface area contributed by atoms with Crippen molar-refractivity contribution in [2.24, 2.45) is 0 Å². The zero-order valence-electron chi connectivity index (χ0n) is 18.0. The number of hydrogen-bond donors (Lipinski definition) is 1. The quantitative estimate of drug-likeness (QED) is 0.494. The van der Waals surface area contributed by atoms with E-state index < -0.39 is 5.97 Å². The molecule has 2 aromatic carbocycles. The first-order valence-electron chi connectivity index (χ1n) is 10.1. The van der Waals surface area contributed by atoms with Crippen LogP contribution < -0.4 is 5.32 Å². The highest BCUT2D eigenvalue weighted by molar-refractivity contribution is 5.97. The molecule has 7 nitrogen and oxygen atoms in total. The van der Waals surface area contributed by atoms with Gasteiger partial charge in [-0.25, -0.2) is 14.3 Å². The number of esters is 1. The third kappa shape index (κ3) is 3.74. The lowest BCUT2D eigenvalue weighted by molar-refractivity contribution is -0.116. The summed E-state index contributed by atoms with van der Waals surface area (Å²) in [7, 11) is 1.34. The van der Waals surface area contributed by atoms with E-state index in [1.807, 2.05) is 42.6 Å². The Morgan fingerprint density at radius 3 is 2.61 bits per heavy atom. The number of ether oxygens (including phenoxy) is 1. The van der Waals surface area contributed by atoms with Crippen molar-refractivity contribution >= 4 is 34.1 Å². The Balaban J connectivity index is 1.55. The maximum atomic E-state index is 12.6. The van der Waals surface area contributed by atoms with Gasteiger partial charge in [0.25, 0.3) is 0 Å². The van der Waals surface area contributed by atoms with E-state index in [1.165, 1.54) is 7.11 Å². The number of benzene rings is 2. The standard InChI is InChI=1S/C24H24N4O3/c1-14-17(24(30)31-4)9-7-11-20(14)26-22(29)13-12-18-15(2)25-23-19-8-5-6-10-21(19)27-28(23)16(18)3/h5-11H,12-13H2,1-4H3,(H,26,29). The van der Waals surface area contributed by atoms with Gasteiger partial charge in [-0.15, -0.1) is 0 Å². The number of rotatable bonds is 5. The highest BCUT2D eigenvalue weighted by Crippen LogP contribution is 2.24. The van der Waals surface area contributed by atoms with E-state index in [9.17, 15) is 9.59 Å². The van der Waals surface area contributed by atoms with Gasteiger partial charge in [-0.05, 0) is 62.6 Å². The number of aryl methyl sites for hydroxylation is 2. The molecule has 158 valence electrons. The summed E-state index contributed by atoms with van der Waals surface area (Å²) in [6, 6.07) is 13.1. The fraction of sp³-hybridized carbons (Fsp3) is 0.250. The molecule has 7 heteroatoms. The van der Waals surface area contributed by atoms with Crippen molar-refractivity contribution < 1.29 is 14.3 Å². The van der Waals surface area contributed by atoms with E-state index in [0.717, 1.165) is 33.5 Å². The molecule has 1 N–H and O–H groups in total. The van der Waals surface area contributed by atoms with E-state index >= 15 is 0 Å². The maximum Gasteiger partial charge on any atom is 0.338 e. The summed E-state index contributed by atoms with van der Waals surface area (Å²) in [4.78, 5) is 29.3. The normalized spacial score (nSPS) is 11.1. The molecular weight excluding hydrogens is 392 g/mol. The van der Waals surface area contributed by atoms with Crippen LogP contribution in [0.1, 0.15) is 39.3 Å². The second kappa shape index (κ2) is 8.18. The maximum absolute atomic E-state index is 12.6. The van der Waals surface area contributed by atoms with Gasteiger partial charge in [-0.1, -0.05) is 18.2 Å². The highest BCUT2D eigenvalue weighted by Gasteiger charge is 2.16. The molecule has 0 fully saturated rings. The van der Waals surface area contributed by atoms with Crippen LogP contribution in [0.4, 0.5) is 5.69 Å². The Kier molecular flexibility index (Phi) is 5.42. The summed E-state index contributed by atoms with van der Waals surface area (Å²) in [6.07, 6.45) is 0.829. The lowest BCUT2D eigenvalue weighted by Gasteiger charge is -2.13. The van der Waals surface area contributed by atoms with Gasteiger partial charge in [-0.2, -0.15) is 5.10 Å².